The van der Waals surface area contributed by atoms with Crippen LogP contribution in [0.25, 0.3) is 11.1 Å². The summed E-state index contributed by atoms with van der Waals surface area (Å²) < 4.78 is 1.71. The third kappa shape index (κ3) is 2.85. The van der Waals surface area contributed by atoms with Crippen LogP contribution in [0.5, 0.6) is 0 Å². The molecule has 1 aromatic heterocycles. The first-order valence-electron chi connectivity index (χ1n) is 6.62. The minimum absolute atomic E-state index is 0.611. The van der Waals surface area contributed by atoms with Crippen molar-refractivity contribution in [2.75, 3.05) is 0 Å². The molecular formula is C16H19N3. The Morgan fingerprint density at radius 2 is 1.89 bits per heavy atom. The van der Waals surface area contributed by atoms with Crippen molar-refractivity contribution >= 4 is 0 Å². The summed E-state index contributed by atoms with van der Waals surface area (Å²) in [6, 6.07) is 10.8. The molecule has 0 bridgehead atoms. The first kappa shape index (κ1) is 13.4. The highest BCUT2D eigenvalue weighted by Gasteiger charge is 2.20. The molecule has 98 valence electrons. The maximum atomic E-state index is 9.11. The standard InChI is InChI=1S/C16H19N3/c1-4-5-13-6-8-14(9-7-13)15-10-18-19(11-15)16(2,3)12-17/h6-11H,4-5H2,1-3H3. The van der Waals surface area contributed by atoms with Crippen molar-refractivity contribution in [2.24, 2.45) is 0 Å². The van der Waals surface area contributed by atoms with Gasteiger partial charge in [0.05, 0.1) is 12.3 Å². The minimum atomic E-state index is -0.611. The highest BCUT2D eigenvalue weighted by molar-refractivity contribution is 5.62. The molecule has 0 radical (unpaired) electrons. The van der Waals surface area contributed by atoms with Crippen LogP contribution < -0.4 is 0 Å². The van der Waals surface area contributed by atoms with Gasteiger partial charge in [-0.3, -0.25) is 4.68 Å². The van der Waals surface area contributed by atoms with E-state index in [2.05, 4.69) is 42.4 Å². The predicted octanol–water partition coefficient (Wildman–Crippen LogP) is 3.76. The summed E-state index contributed by atoms with van der Waals surface area (Å²) in [5, 5.41) is 13.4. The quantitative estimate of drug-likeness (QED) is 0.832. The summed E-state index contributed by atoms with van der Waals surface area (Å²) in [4.78, 5) is 0. The lowest BCUT2D eigenvalue weighted by Crippen LogP contribution is -2.24. The summed E-state index contributed by atoms with van der Waals surface area (Å²) in [6.07, 6.45) is 6.01. The highest BCUT2D eigenvalue weighted by Crippen LogP contribution is 2.22. The van der Waals surface area contributed by atoms with Crippen LogP contribution in [0.1, 0.15) is 32.8 Å². The molecule has 0 saturated carbocycles. The van der Waals surface area contributed by atoms with Crippen molar-refractivity contribution in [1.82, 2.24) is 9.78 Å². The summed E-state index contributed by atoms with van der Waals surface area (Å²) >= 11 is 0. The van der Waals surface area contributed by atoms with Crippen LogP contribution in [0.4, 0.5) is 0 Å². The number of aryl methyl sites for hydroxylation is 1. The molecule has 0 unspecified atom stereocenters. The molecule has 1 heterocycles. The second-order valence-electron chi connectivity index (χ2n) is 5.29. The largest absolute Gasteiger partial charge is 0.252 e. The van der Waals surface area contributed by atoms with E-state index < -0.39 is 5.54 Å². The average molecular weight is 253 g/mol. The summed E-state index contributed by atoms with van der Waals surface area (Å²) in [5.74, 6) is 0. The van der Waals surface area contributed by atoms with Crippen molar-refractivity contribution in [1.29, 1.82) is 5.26 Å². The van der Waals surface area contributed by atoms with Gasteiger partial charge in [0.2, 0.25) is 0 Å². The molecule has 2 aromatic rings. The molecule has 0 amide bonds. The highest BCUT2D eigenvalue weighted by atomic mass is 15.3. The van der Waals surface area contributed by atoms with Crippen LogP contribution in [0.2, 0.25) is 0 Å². The van der Waals surface area contributed by atoms with Crippen LogP contribution >= 0.6 is 0 Å². The number of aromatic nitrogens is 2. The Morgan fingerprint density at radius 1 is 1.21 bits per heavy atom. The molecule has 1 aromatic carbocycles. The zero-order chi connectivity index (χ0) is 13.9. The molecule has 0 spiro atoms. The van der Waals surface area contributed by atoms with Crippen LogP contribution in [-0.2, 0) is 12.0 Å². The van der Waals surface area contributed by atoms with Gasteiger partial charge in [-0.2, -0.15) is 10.4 Å². The lowest BCUT2D eigenvalue weighted by molar-refractivity contribution is 0.419. The smallest absolute Gasteiger partial charge is 0.143 e. The maximum absolute atomic E-state index is 9.11. The number of rotatable bonds is 4. The normalized spacial score (nSPS) is 11.3. The van der Waals surface area contributed by atoms with Gasteiger partial charge < -0.3 is 0 Å². The molecule has 0 aliphatic rings. The number of hydrogen-bond donors (Lipinski definition) is 0. The first-order chi connectivity index (χ1) is 9.06. The zero-order valence-corrected chi connectivity index (χ0v) is 11.7. The van der Waals surface area contributed by atoms with Gasteiger partial charge in [-0.05, 0) is 31.4 Å². The van der Waals surface area contributed by atoms with Crippen LogP contribution in [-0.4, -0.2) is 9.78 Å². The minimum Gasteiger partial charge on any atom is -0.252 e. The van der Waals surface area contributed by atoms with Crippen molar-refractivity contribution in [3.05, 3.63) is 42.2 Å². The van der Waals surface area contributed by atoms with Gasteiger partial charge in [0.1, 0.15) is 5.54 Å². The second kappa shape index (κ2) is 5.27. The molecule has 0 atom stereocenters. The average Bonchev–Trinajstić information content (AvgIpc) is 2.90. The van der Waals surface area contributed by atoms with Gasteiger partial charge >= 0.3 is 0 Å². The lowest BCUT2D eigenvalue weighted by Gasteiger charge is -2.15. The fourth-order valence-electron chi connectivity index (χ4n) is 1.98. The monoisotopic (exact) mass is 253 g/mol. The van der Waals surface area contributed by atoms with Crippen molar-refractivity contribution in [2.45, 2.75) is 39.2 Å². The first-order valence-corrected chi connectivity index (χ1v) is 6.62. The predicted molar refractivity (Wildman–Crippen MR) is 76.6 cm³/mol. The maximum Gasteiger partial charge on any atom is 0.143 e. The number of nitriles is 1. The second-order valence-corrected chi connectivity index (χ2v) is 5.29. The van der Waals surface area contributed by atoms with Crippen LogP contribution in [0, 0.1) is 11.3 Å². The Kier molecular flexibility index (Phi) is 3.71. The number of nitrogens with zero attached hydrogens (tertiary/aromatic N) is 3. The van der Waals surface area contributed by atoms with Crippen LogP contribution in [0.15, 0.2) is 36.7 Å². The lowest BCUT2D eigenvalue weighted by atomic mass is 10.0. The number of benzene rings is 1. The Bertz CT molecular complexity index is 585. The molecule has 0 aliphatic carbocycles. The molecular weight excluding hydrogens is 234 g/mol. The van der Waals surface area contributed by atoms with E-state index >= 15 is 0 Å². The fraction of sp³-hybridized carbons (Fsp3) is 0.375. The van der Waals surface area contributed by atoms with Gasteiger partial charge in [-0.1, -0.05) is 37.6 Å². The van der Waals surface area contributed by atoms with E-state index in [1.54, 1.807) is 4.68 Å². The third-order valence-corrected chi connectivity index (χ3v) is 3.25. The zero-order valence-electron chi connectivity index (χ0n) is 11.7. The Morgan fingerprint density at radius 3 is 2.47 bits per heavy atom. The van der Waals surface area contributed by atoms with Gasteiger partial charge in [0, 0.05) is 11.8 Å². The fourth-order valence-corrected chi connectivity index (χ4v) is 1.98. The number of hydrogen-bond acceptors (Lipinski definition) is 2. The SMILES string of the molecule is CCCc1ccc(-c2cnn(C(C)(C)C#N)c2)cc1. The topological polar surface area (TPSA) is 41.6 Å². The summed E-state index contributed by atoms with van der Waals surface area (Å²) in [6.45, 7) is 5.89. The van der Waals surface area contributed by atoms with Crippen LogP contribution in [0.3, 0.4) is 0 Å². The molecule has 0 N–H and O–H groups in total. The molecule has 0 aliphatic heterocycles. The Hall–Kier alpha value is -2.08. The van der Waals surface area contributed by atoms with Crippen molar-refractivity contribution < 1.29 is 0 Å². The van der Waals surface area contributed by atoms with Gasteiger partial charge in [0.25, 0.3) is 0 Å². The Labute approximate surface area is 114 Å². The van der Waals surface area contributed by atoms with E-state index in [1.165, 1.54) is 5.56 Å². The van der Waals surface area contributed by atoms with Gasteiger partial charge in [-0.15, -0.1) is 0 Å². The van der Waals surface area contributed by atoms with E-state index in [1.807, 2.05) is 26.2 Å². The molecule has 3 nitrogen and oxygen atoms in total. The van der Waals surface area contributed by atoms with Crippen molar-refractivity contribution in [3.63, 3.8) is 0 Å². The molecule has 0 fully saturated rings. The summed E-state index contributed by atoms with van der Waals surface area (Å²) in [7, 11) is 0. The van der Waals surface area contributed by atoms with E-state index in [0.29, 0.717) is 0 Å². The molecule has 0 saturated heterocycles. The molecule has 3 heteroatoms. The van der Waals surface area contributed by atoms with E-state index in [0.717, 1.165) is 24.0 Å². The van der Waals surface area contributed by atoms with Gasteiger partial charge in [-0.25, -0.2) is 0 Å². The van der Waals surface area contributed by atoms with E-state index in [9.17, 15) is 0 Å². The van der Waals surface area contributed by atoms with E-state index in [4.69, 9.17) is 5.26 Å². The summed E-state index contributed by atoms with van der Waals surface area (Å²) in [5.41, 5.74) is 2.93. The van der Waals surface area contributed by atoms with E-state index in [-0.39, 0.29) is 0 Å². The third-order valence-electron chi connectivity index (χ3n) is 3.25. The Balaban J connectivity index is 2.26. The molecule has 2 rings (SSSR count). The van der Waals surface area contributed by atoms with Gasteiger partial charge in [0.15, 0.2) is 0 Å². The van der Waals surface area contributed by atoms with Crippen molar-refractivity contribution in [3.8, 4) is 17.2 Å². The molecule has 19 heavy (non-hydrogen) atoms.